The van der Waals surface area contributed by atoms with Gasteiger partial charge in [0.2, 0.25) is 5.91 Å². The van der Waals surface area contributed by atoms with Crippen molar-refractivity contribution in [2.75, 3.05) is 19.6 Å². The van der Waals surface area contributed by atoms with Gasteiger partial charge in [-0.25, -0.2) is 0 Å². The Hall–Kier alpha value is -1.35. The third-order valence-electron chi connectivity index (χ3n) is 4.71. The summed E-state index contributed by atoms with van der Waals surface area (Å²) < 4.78 is 0. The molecule has 2 aliphatic rings. The molecule has 1 aliphatic carbocycles. The fraction of sp³-hybridized carbons (Fsp3) is 0.611. The van der Waals surface area contributed by atoms with E-state index in [9.17, 15) is 4.79 Å². The van der Waals surface area contributed by atoms with Gasteiger partial charge in [0.1, 0.15) is 0 Å². The highest BCUT2D eigenvalue weighted by atomic mass is 16.2. The first-order valence-corrected chi connectivity index (χ1v) is 8.37. The maximum Gasteiger partial charge on any atom is 0.236 e. The summed E-state index contributed by atoms with van der Waals surface area (Å²) in [6, 6.07) is 11.0. The number of benzene rings is 1. The van der Waals surface area contributed by atoms with Gasteiger partial charge in [-0.05, 0) is 56.6 Å². The van der Waals surface area contributed by atoms with E-state index >= 15 is 0 Å². The van der Waals surface area contributed by atoms with Gasteiger partial charge in [0.15, 0.2) is 0 Å². The molecule has 0 aromatic heterocycles. The van der Waals surface area contributed by atoms with Crippen LogP contribution in [-0.2, 0) is 11.2 Å². The van der Waals surface area contributed by atoms with Gasteiger partial charge in [-0.15, -0.1) is 0 Å². The molecule has 1 N–H and O–H groups in total. The summed E-state index contributed by atoms with van der Waals surface area (Å²) in [5.74, 6) is 1.14. The van der Waals surface area contributed by atoms with Crippen LogP contribution in [-0.4, -0.2) is 36.5 Å². The van der Waals surface area contributed by atoms with Crippen LogP contribution in [0.4, 0.5) is 0 Å². The first-order valence-electron chi connectivity index (χ1n) is 8.37. The largest absolute Gasteiger partial charge is 0.339 e. The molecule has 0 radical (unpaired) electrons. The Bertz CT molecular complexity index is 456. The molecule has 3 nitrogen and oxygen atoms in total. The smallest absolute Gasteiger partial charge is 0.236 e. The van der Waals surface area contributed by atoms with Gasteiger partial charge in [0.05, 0.1) is 6.54 Å². The second-order valence-electron chi connectivity index (χ2n) is 6.48. The van der Waals surface area contributed by atoms with Gasteiger partial charge < -0.3 is 10.2 Å². The minimum absolute atomic E-state index is 0.297. The SMILES string of the molecule is O=C(CNCC1CC1)N1CCCC1CCc1ccccc1. The monoisotopic (exact) mass is 286 g/mol. The first kappa shape index (κ1) is 14.6. The lowest BCUT2D eigenvalue weighted by Gasteiger charge is -2.25. The molecule has 1 saturated carbocycles. The molecule has 1 aromatic carbocycles. The molecule has 1 aliphatic heterocycles. The van der Waals surface area contributed by atoms with Gasteiger partial charge in [-0.1, -0.05) is 30.3 Å². The van der Waals surface area contributed by atoms with Crippen molar-refractivity contribution in [3.05, 3.63) is 35.9 Å². The molecule has 0 spiro atoms. The number of nitrogens with one attached hydrogen (secondary N) is 1. The van der Waals surface area contributed by atoms with Crippen molar-refractivity contribution in [2.45, 2.75) is 44.6 Å². The number of carbonyl (C=O) groups is 1. The molecule has 1 saturated heterocycles. The summed E-state index contributed by atoms with van der Waals surface area (Å²) in [5.41, 5.74) is 1.38. The van der Waals surface area contributed by atoms with Gasteiger partial charge in [-0.2, -0.15) is 0 Å². The van der Waals surface area contributed by atoms with Gasteiger partial charge >= 0.3 is 0 Å². The second-order valence-corrected chi connectivity index (χ2v) is 6.48. The minimum atomic E-state index is 0.297. The first-order chi connectivity index (χ1) is 10.3. The predicted octanol–water partition coefficient (Wildman–Crippen LogP) is 2.61. The zero-order valence-electron chi connectivity index (χ0n) is 12.8. The molecule has 21 heavy (non-hydrogen) atoms. The van der Waals surface area contributed by atoms with E-state index in [2.05, 4.69) is 40.5 Å². The molecule has 1 unspecified atom stereocenters. The normalized spacial score (nSPS) is 21.7. The number of likely N-dealkylation sites (tertiary alicyclic amines) is 1. The van der Waals surface area contributed by atoms with Crippen LogP contribution in [0.15, 0.2) is 30.3 Å². The van der Waals surface area contributed by atoms with Crippen molar-refractivity contribution in [1.82, 2.24) is 10.2 Å². The maximum absolute atomic E-state index is 12.3. The molecular formula is C18H26N2O. The summed E-state index contributed by atoms with van der Waals surface area (Å²) in [5, 5.41) is 3.33. The number of hydrogen-bond acceptors (Lipinski definition) is 2. The van der Waals surface area contributed by atoms with Gasteiger partial charge in [0, 0.05) is 12.6 Å². The Kier molecular flexibility index (Phi) is 4.91. The highest BCUT2D eigenvalue weighted by Gasteiger charge is 2.28. The maximum atomic E-state index is 12.3. The van der Waals surface area contributed by atoms with Crippen molar-refractivity contribution < 1.29 is 4.79 Å². The average molecular weight is 286 g/mol. The molecule has 3 heteroatoms. The summed E-state index contributed by atoms with van der Waals surface area (Å²) in [4.78, 5) is 14.4. The lowest BCUT2D eigenvalue weighted by Crippen LogP contribution is -2.41. The molecule has 1 aromatic rings. The van der Waals surface area contributed by atoms with E-state index in [-0.39, 0.29) is 0 Å². The second kappa shape index (κ2) is 7.08. The Morgan fingerprint density at radius 2 is 2.00 bits per heavy atom. The third-order valence-corrected chi connectivity index (χ3v) is 4.71. The van der Waals surface area contributed by atoms with E-state index in [1.165, 1.54) is 24.8 Å². The topological polar surface area (TPSA) is 32.3 Å². The summed E-state index contributed by atoms with van der Waals surface area (Å²) in [6.45, 7) is 2.50. The summed E-state index contributed by atoms with van der Waals surface area (Å²) >= 11 is 0. The highest BCUT2D eigenvalue weighted by Crippen LogP contribution is 2.27. The fourth-order valence-electron chi connectivity index (χ4n) is 3.25. The number of aryl methyl sites for hydroxylation is 1. The van der Waals surface area contributed by atoms with Crippen LogP contribution in [0.1, 0.15) is 37.7 Å². The van der Waals surface area contributed by atoms with Crippen LogP contribution in [0.2, 0.25) is 0 Å². The van der Waals surface area contributed by atoms with Crippen LogP contribution < -0.4 is 5.32 Å². The lowest BCUT2D eigenvalue weighted by molar-refractivity contribution is -0.131. The van der Waals surface area contributed by atoms with E-state index in [0.29, 0.717) is 18.5 Å². The van der Waals surface area contributed by atoms with Crippen molar-refractivity contribution in [3.63, 3.8) is 0 Å². The Morgan fingerprint density at radius 1 is 1.19 bits per heavy atom. The van der Waals surface area contributed by atoms with Crippen LogP contribution >= 0.6 is 0 Å². The number of amides is 1. The van der Waals surface area contributed by atoms with E-state index in [1.807, 2.05) is 0 Å². The van der Waals surface area contributed by atoms with Crippen LogP contribution in [0.3, 0.4) is 0 Å². The Morgan fingerprint density at radius 3 is 2.76 bits per heavy atom. The van der Waals surface area contributed by atoms with Crippen molar-refractivity contribution in [2.24, 2.45) is 5.92 Å². The van der Waals surface area contributed by atoms with Gasteiger partial charge in [0.25, 0.3) is 0 Å². The fourth-order valence-corrected chi connectivity index (χ4v) is 3.25. The van der Waals surface area contributed by atoms with Crippen molar-refractivity contribution >= 4 is 5.91 Å². The Labute approximate surface area is 127 Å². The predicted molar refractivity (Wildman–Crippen MR) is 85.1 cm³/mol. The van der Waals surface area contributed by atoms with Crippen molar-refractivity contribution in [3.8, 4) is 0 Å². The van der Waals surface area contributed by atoms with Crippen molar-refractivity contribution in [1.29, 1.82) is 0 Å². The number of rotatable bonds is 7. The Balaban J connectivity index is 1.44. The lowest BCUT2D eigenvalue weighted by atomic mass is 10.0. The van der Waals surface area contributed by atoms with Crippen LogP contribution in [0.25, 0.3) is 0 Å². The molecule has 1 amide bonds. The molecule has 3 rings (SSSR count). The molecule has 1 heterocycles. The van der Waals surface area contributed by atoms with Crippen LogP contribution in [0.5, 0.6) is 0 Å². The number of nitrogens with zero attached hydrogens (tertiary/aromatic N) is 1. The highest BCUT2D eigenvalue weighted by molar-refractivity contribution is 5.78. The molecule has 0 bridgehead atoms. The average Bonchev–Trinajstić information content (AvgIpc) is 3.21. The van der Waals surface area contributed by atoms with Crippen LogP contribution in [0, 0.1) is 5.92 Å². The zero-order valence-corrected chi connectivity index (χ0v) is 12.8. The molecule has 1 atom stereocenters. The quantitative estimate of drug-likeness (QED) is 0.835. The number of carbonyl (C=O) groups excluding carboxylic acids is 1. The zero-order chi connectivity index (χ0) is 14.5. The molecule has 2 fully saturated rings. The van der Waals surface area contributed by atoms with E-state index in [1.54, 1.807) is 0 Å². The van der Waals surface area contributed by atoms with E-state index < -0.39 is 0 Å². The third kappa shape index (κ3) is 4.31. The molecular weight excluding hydrogens is 260 g/mol. The summed E-state index contributed by atoms with van der Waals surface area (Å²) in [7, 11) is 0. The summed E-state index contributed by atoms with van der Waals surface area (Å²) in [6.07, 6.45) is 7.17. The van der Waals surface area contributed by atoms with E-state index in [4.69, 9.17) is 0 Å². The van der Waals surface area contributed by atoms with Gasteiger partial charge in [-0.3, -0.25) is 4.79 Å². The van der Waals surface area contributed by atoms with E-state index in [0.717, 1.165) is 38.3 Å². The standard InChI is InChI=1S/C18H26N2O/c21-18(14-19-13-16-8-9-16)20-12-4-7-17(20)11-10-15-5-2-1-3-6-15/h1-3,5-6,16-17,19H,4,7-14H2. The number of hydrogen-bond donors (Lipinski definition) is 1. The molecule has 114 valence electrons. The minimum Gasteiger partial charge on any atom is -0.339 e.